The number of halogens is 2. The van der Waals surface area contributed by atoms with E-state index in [1.165, 1.54) is 6.92 Å². The first-order valence-electron chi connectivity index (χ1n) is 4.44. The van der Waals surface area contributed by atoms with E-state index < -0.39 is 36.4 Å². The molecule has 3 N–H and O–H groups in total. The summed E-state index contributed by atoms with van der Waals surface area (Å²) in [7, 11) is 0. The maximum absolute atomic E-state index is 12.7. The number of esters is 1. The van der Waals surface area contributed by atoms with Crippen molar-refractivity contribution >= 4 is 11.9 Å². The van der Waals surface area contributed by atoms with Crippen LogP contribution >= 0.6 is 0 Å². The Kier molecular flexibility index (Phi) is 3.23. The standard InChI is InChI=1S/C8H12F2N2O3/c1-4(6(11)13)12-3-5-2-8(9,10)7(14)15-5/h4-5,12H,2-3H2,1H3,(H2,11,13). The third-order valence-corrected chi connectivity index (χ3v) is 2.13. The third kappa shape index (κ3) is 2.85. The lowest BCUT2D eigenvalue weighted by molar-refractivity contribution is -0.159. The van der Waals surface area contributed by atoms with E-state index in [4.69, 9.17) is 5.73 Å². The first-order valence-corrected chi connectivity index (χ1v) is 4.44. The Morgan fingerprint density at radius 1 is 1.80 bits per heavy atom. The van der Waals surface area contributed by atoms with Crippen LogP contribution in [0.3, 0.4) is 0 Å². The smallest absolute Gasteiger partial charge is 0.377 e. The molecule has 0 aromatic rings. The Hall–Kier alpha value is -1.24. The third-order valence-electron chi connectivity index (χ3n) is 2.13. The number of hydrogen-bond donors (Lipinski definition) is 2. The highest BCUT2D eigenvalue weighted by Crippen LogP contribution is 2.30. The summed E-state index contributed by atoms with van der Waals surface area (Å²) in [5.74, 6) is -5.52. The Balaban J connectivity index is 2.37. The molecule has 1 rings (SSSR count). The molecule has 0 spiro atoms. The maximum atomic E-state index is 12.7. The van der Waals surface area contributed by atoms with Crippen LogP contribution in [0.2, 0.25) is 0 Å². The summed E-state index contributed by atoms with van der Waals surface area (Å²) in [5.41, 5.74) is 4.94. The number of amides is 1. The minimum Gasteiger partial charge on any atom is -0.456 e. The number of primary amides is 1. The average molecular weight is 222 g/mol. The first-order chi connectivity index (χ1) is 6.83. The van der Waals surface area contributed by atoms with Gasteiger partial charge in [-0.2, -0.15) is 8.78 Å². The zero-order chi connectivity index (χ0) is 11.6. The Morgan fingerprint density at radius 3 is 2.80 bits per heavy atom. The molecule has 15 heavy (non-hydrogen) atoms. The second-order valence-electron chi connectivity index (χ2n) is 3.47. The van der Waals surface area contributed by atoms with E-state index in [1.807, 2.05) is 0 Å². The molecule has 1 aliphatic heterocycles. The van der Waals surface area contributed by atoms with E-state index in [-0.39, 0.29) is 6.54 Å². The van der Waals surface area contributed by atoms with Crippen molar-refractivity contribution in [3.63, 3.8) is 0 Å². The van der Waals surface area contributed by atoms with Gasteiger partial charge >= 0.3 is 11.9 Å². The molecule has 2 atom stereocenters. The largest absolute Gasteiger partial charge is 0.456 e. The molecule has 0 aromatic carbocycles. The lowest BCUT2D eigenvalue weighted by Crippen LogP contribution is -2.42. The van der Waals surface area contributed by atoms with Gasteiger partial charge in [0.15, 0.2) is 0 Å². The molecule has 86 valence electrons. The maximum Gasteiger partial charge on any atom is 0.377 e. The molecule has 1 aliphatic rings. The topological polar surface area (TPSA) is 81.4 Å². The summed E-state index contributed by atoms with van der Waals surface area (Å²) in [6, 6.07) is -0.641. The fourth-order valence-corrected chi connectivity index (χ4v) is 1.17. The van der Waals surface area contributed by atoms with Gasteiger partial charge in [0.05, 0.1) is 12.5 Å². The Bertz CT molecular complexity index is 283. The van der Waals surface area contributed by atoms with Gasteiger partial charge in [-0.1, -0.05) is 0 Å². The second-order valence-corrected chi connectivity index (χ2v) is 3.47. The summed E-state index contributed by atoms with van der Waals surface area (Å²) in [6.07, 6.45) is -1.57. The zero-order valence-electron chi connectivity index (χ0n) is 8.13. The minimum absolute atomic E-state index is 0.00850. The van der Waals surface area contributed by atoms with Gasteiger partial charge in [0.1, 0.15) is 6.10 Å². The molecular weight excluding hydrogens is 210 g/mol. The van der Waals surface area contributed by atoms with Gasteiger partial charge in [0.25, 0.3) is 0 Å². The van der Waals surface area contributed by atoms with Crippen LogP contribution in [0.15, 0.2) is 0 Å². The highest BCUT2D eigenvalue weighted by molar-refractivity contribution is 5.80. The van der Waals surface area contributed by atoms with E-state index in [9.17, 15) is 18.4 Å². The zero-order valence-corrected chi connectivity index (χ0v) is 8.13. The fraction of sp³-hybridized carbons (Fsp3) is 0.750. The van der Waals surface area contributed by atoms with Gasteiger partial charge < -0.3 is 15.8 Å². The molecule has 0 aliphatic carbocycles. The summed E-state index contributed by atoms with van der Waals surface area (Å²) in [6.45, 7) is 1.49. The molecule has 1 fully saturated rings. The van der Waals surface area contributed by atoms with Crippen molar-refractivity contribution in [3.8, 4) is 0 Å². The lowest BCUT2D eigenvalue weighted by Gasteiger charge is -2.13. The number of hydrogen-bond acceptors (Lipinski definition) is 4. The molecular formula is C8H12F2N2O3. The van der Waals surface area contributed by atoms with E-state index >= 15 is 0 Å². The first kappa shape index (κ1) is 11.8. The molecule has 7 heteroatoms. The van der Waals surface area contributed by atoms with Gasteiger partial charge in [-0.05, 0) is 6.92 Å². The van der Waals surface area contributed by atoms with Crippen molar-refractivity contribution in [1.29, 1.82) is 0 Å². The van der Waals surface area contributed by atoms with Gasteiger partial charge in [0, 0.05) is 6.54 Å². The summed E-state index contributed by atoms with van der Waals surface area (Å²) < 4.78 is 29.8. The molecule has 0 saturated carbocycles. The van der Waals surface area contributed by atoms with Crippen molar-refractivity contribution in [3.05, 3.63) is 0 Å². The fourth-order valence-electron chi connectivity index (χ4n) is 1.17. The molecule has 0 bridgehead atoms. The highest BCUT2D eigenvalue weighted by Gasteiger charge is 2.50. The van der Waals surface area contributed by atoms with Gasteiger partial charge in [-0.25, -0.2) is 4.79 Å². The average Bonchev–Trinajstić information content (AvgIpc) is 2.36. The Morgan fingerprint density at radius 2 is 2.40 bits per heavy atom. The quantitative estimate of drug-likeness (QED) is 0.622. The van der Waals surface area contributed by atoms with E-state index in [1.54, 1.807) is 0 Å². The number of carbonyl (C=O) groups is 2. The molecule has 0 radical (unpaired) electrons. The van der Waals surface area contributed by atoms with Crippen molar-refractivity contribution < 1.29 is 23.1 Å². The van der Waals surface area contributed by atoms with E-state index in [2.05, 4.69) is 10.1 Å². The van der Waals surface area contributed by atoms with Gasteiger partial charge in [0.2, 0.25) is 5.91 Å². The van der Waals surface area contributed by atoms with Crippen LogP contribution in [0, 0.1) is 0 Å². The van der Waals surface area contributed by atoms with Crippen molar-refractivity contribution in [2.45, 2.75) is 31.4 Å². The second kappa shape index (κ2) is 4.09. The van der Waals surface area contributed by atoms with Crippen molar-refractivity contribution in [2.75, 3.05) is 6.54 Å². The van der Waals surface area contributed by atoms with Crippen LogP contribution in [0.25, 0.3) is 0 Å². The minimum atomic E-state index is -3.41. The normalized spacial score (nSPS) is 26.1. The Labute approximate surface area is 84.9 Å². The number of alkyl halides is 2. The lowest BCUT2D eigenvalue weighted by atomic mass is 10.2. The predicted molar refractivity (Wildman–Crippen MR) is 46.1 cm³/mol. The number of ether oxygens (including phenoxy) is 1. The summed E-state index contributed by atoms with van der Waals surface area (Å²) in [5, 5.41) is 2.60. The number of nitrogens with one attached hydrogen (secondary N) is 1. The summed E-state index contributed by atoms with van der Waals surface area (Å²) in [4.78, 5) is 21.2. The molecule has 1 amide bonds. The number of nitrogens with two attached hydrogens (primary N) is 1. The molecule has 1 heterocycles. The number of cyclic esters (lactones) is 1. The van der Waals surface area contributed by atoms with E-state index in [0.29, 0.717) is 0 Å². The SMILES string of the molecule is CC(NCC1CC(F)(F)C(=O)O1)C(N)=O. The van der Waals surface area contributed by atoms with Crippen LogP contribution in [0.4, 0.5) is 8.78 Å². The molecule has 5 nitrogen and oxygen atoms in total. The van der Waals surface area contributed by atoms with Crippen LogP contribution < -0.4 is 11.1 Å². The molecule has 1 saturated heterocycles. The number of rotatable bonds is 4. The van der Waals surface area contributed by atoms with Crippen molar-refractivity contribution in [1.82, 2.24) is 5.32 Å². The highest BCUT2D eigenvalue weighted by atomic mass is 19.3. The van der Waals surface area contributed by atoms with Gasteiger partial charge in [-0.3, -0.25) is 4.79 Å². The van der Waals surface area contributed by atoms with Crippen LogP contribution in [-0.4, -0.2) is 36.5 Å². The van der Waals surface area contributed by atoms with E-state index in [0.717, 1.165) is 0 Å². The molecule has 2 unspecified atom stereocenters. The van der Waals surface area contributed by atoms with Crippen LogP contribution in [0.1, 0.15) is 13.3 Å². The molecule has 0 aromatic heterocycles. The predicted octanol–water partition coefficient (Wildman–Crippen LogP) is -0.599. The summed E-state index contributed by atoms with van der Waals surface area (Å²) >= 11 is 0. The van der Waals surface area contributed by atoms with Crippen molar-refractivity contribution in [2.24, 2.45) is 5.73 Å². The number of carbonyl (C=O) groups excluding carboxylic acids is 2. The van der Waals surface area contributed by atoms with Gasteiger partial charge in [-0.15, -0.1) is 0 Å². The van der Waals surface area contributed by atoms with Crippen LogP contribution in [0.5, 0.6) is 0 Å². The monoisotopic (exact) mass is 222 g/mol. The van der Waals surface area contributed by atoms with Crippen LogP contribution in [-0.2, 0) is 14.3 Å².